The van der Waals surface area contributed by atoms with Gasteiger partial charge in [-0.3, -0.25) is 0 Å². The van der Waals surface area contributed by atoms with Crippen LogP contribution in [0.15, 0.2) is 89.9 Å². The van der Waals surface area contributed by atoms with Crippen molar-refractivity contribution in [3.63, 3.8) is 0 Å². The molecule has 0 saturated heterocycles. The van der Waals surface area contributed by atoms with E-state index in [1.54, 1.807) is 0 Å². The van der Waals surface area contributed by atoms with Gasteiger partial charge in [0.25, 0.3) is 0 Å². The molecule has 0 aliphatic carbocycles. The molecule has 2 nitrogen and oxygen atoms in total. The highest BCUT2D eigenvalue weighted by Gasteiger charge is 2.34. The molecule has 4 aromatic rings. The average molecular weight is 444 g/mol. The van der Waals surface area contributed by atoms with Crippen LogP contribution in [-0.4, -0.2) is 18.5 Å². The molecular weight excluding hydrogens is 417 g/mol. The van der Waals surface area contributed by atoms with Crippen molar-refractivity contribution in [2.24, 2.45) is 10.4 Å². The molecule has 0 radical (unpaired) electrons. The van der Waals surface area contributed by atoms with Crippen molar-refractivity contribution in [3.05, 3.63) is 90.5 Å². The minimum atomic E-state index is -0.714. The van der Waals surface area contributed by atoms with Crippen molar-refractivity contribution in [3.8, 4) is 0 Å². The second-order valence-electron chi connectivity index (χ2n) is 8.91. The molecule has 3 aromatic carbocycles. The standard InChI is InChI=1S/C27H26NOPS/c1-27(2,3)23-18-29-25(28-23)24-21-16-10-11-17-22(21)31-26(24)30(19-12-6-4-7-13-19)20-14-8-5-9-15-20/h4-17,23H,18H2,1-3H3/t23-/m0/s1. The molecule has 1 aliphatic heterocycles. The number of hydrogen-bond acceptors (Lipinski definition) is 3. The highest BCUT2D eigenvalue weighted by molar-refractivity contribution is 7.84. The fourth-order valence-corrected chi connectivity index (χ4v) is 8.26. The Balaban J connectivity index is 1.75. The molecule has 2 heterocycles. The van der Waals surface area contributed by atoms with Crippen LogP contribution in [0.1, 0.15) is 26.3 Å². The quantitative estimate of drug-likeness (QED) is 0.363. The van der Waals surface area contributed by atoms with Crippen molar-refractivity contribution >= 4 is 50.5 Å². The molecule has 1 atom stereocenters. The zero-order valence-electron chi connectivity index (χ0n) is 18.1. The number of rotatable bonds is 4. The fourth-order valence-electron chi connectivity index (χ4n) is 3.89. The normalized spacial score (nSPS) is 16.5. The fraction of sp³-hybridized carbons (Fsp3) is 0.222. The van der Waals surface area contributed by atoms with Gasteiger partial charge in [-0.2, -0.15) is 0 Å². The third-order valence-corrected chi connectivity index (χ3v) is 9.73. The number of thiophene rings is 1. The average Bonchev–Trinajstić information content (AvgIpc) is 3.40. The molecule has 0 saturated carbocycles. The monoisotopic (exact) mass is 443 g/mol. The topological polar surface area (TPSA) is 21.6 Å². The molecule has 0 bridgehead atoms. The van der Waals surface area contributed by atoms with E-state index in [1.807, 2.05) is 11.3 Å². The van der Waals surface area contributed by atoms with Gasteiger partial charge in [0.2, 0.25) is 5.90 Å². The molecule has 31 heavy (non-hydrogen) atoms. The smallest absolute Gasteiger partial charge is 0.218 e. The maximum Gasteiger partial charge on any atom is 0.218 e. The van der Waals surface area contributed by atoms with E-state index in [0.29, 0.717) is 6.61 Å². The molecule has 4 heteroatoms. The summed E-state index contributed by atoms with van der Waals surface area (Å²) in [5.74, 6) is 0.812. The Bertz CT molecular complexity index is 1190. The minimum Gasteiger partial charge on any atom is -0.475 e. The zero-order valence-corrected chi connectivity index (χ0v) is 19.8. The lowest BCUT2D eigenvalue weighted by molar-refractivity contribution is 0.236. The summed E-state index contributed by atoms with van der Waals surface area (Å²) in [4.78, 5) is 5.09. The van der Waals surface area contributed by atoms with E-state index < -0.39 is 7.92 Å². The lowest BCUT2D eigenvalue weighted by atomic mass is 9.88. The van der Waals surface area contributed by atoms with Crippen molar-refractivity contribution in [1.29, 1.82) is 0 Å². The number of nitrogens with zero attached hydrogens (tertiary/aromatic N) is 1. The van der Waals surface area contributed by atoms with Crippen LogP contribution in [-0.2, 0) is 4.74 Å². The van der Waals surface area contributed by atoms with Gasteiger partial charge < -0.3 is 4.74 Å². The van der Waals surface area contributed by atoms with Gasteiger partial charge >= 0.3 is 0 Å². The van der Waals surface area contributed by atoms with Crippen LogP contribution in [0.25, 0.3) is 10.1 Å². The van der Waals surface area contributed by atoms with Crippen LogP contribution >= 0.6 is 19.3 Å². The molecular formula is C27H26NOPS. The molecule has 0 amide bonds. The summed E-state index contributed by atoms with van der Waals surface area (Å²) >= 11 is 1.89. The SMILES string of the molecule is CC(C)(C)[C@@H]1COC(c2c(P(c3ccccc3)c3ccccc3)sc3ccccc23)=N1. The first-order valence-electron chi connectivity index (χ1n) is 10.6. The first kappa shape index (κ1) is 20.4. The van der Waals surface area contributed by atoms with Crippen LogP contribution in [0, 0.1) is 5.41 Å². The number of aliphatic imine (C=N–C) groups is 1. The van der Waals surface area contributed by atoms with Gasteiger partial charge in [-0.15, -0.1) is 11.3 Å². The van der Waals surface area contributed by atoms with Gasteiger partial charge in [0.1, 0.15) is 6.61 Å². The lowest BCUT2D eigenvalue weighted by Crippen LogP contribution is -2.25. The first-order valence-corrected chi connectivity index (χ1v) is 12.8. The van der Waals surface area contributed by atoms with E-state index in [1.165, 1.54) is 30.9 Å². The van der Waals surface area contributed by atoms with Gasteiger partial charge in [-0.05, 0) is 30.0 Å². The summed E-state index contributed by atoms with van der Waals surface area (Å²) in [6.45, 7) is 7.36. The van der Waals surface area contributed by atoms with Gasteiger partial charge in [0.15, 0.2) is 0 Å². The van der Waals surface area contributed by atoms with E-state index in [0.717, 1.165) is 5.90 Å². The summed E-state index contributed by atoms with van der Waals surface area (Å²) in [7, 11) is -0.714. The Labute approximate surface area is 189 Å². The second-order valence-corrected chi connectivity index (χ2v) is 12.4. The minimum absolute atomic E-state index is 0.0807. The van der Waals surface area contributed by atoms with Crippen LogP contribution in [0.4, 0.5) is 0 Å². The highest BCUT2D eigenvalue weighted by Crippen LogP contribution is 2.41. The first-order chi connectivity index (χ1) is 15.0. The van der Waals surface area contributed by atoms with Gasteiger partial charge in [0, 0.05) is 10.1 Å². The van der Waals surface area contributed by atoms with E-state index in [4.69, 9.17) is 9.73 Å². The summed E-state index contributed by atoms with van der Waals surface area (Å²) in [5.41, 5.74) is 1.27. The zero-order chi connectivity index (χ0) is 21.4. The summed E-state index contributed by atoms with van der Waals surface area (Å²) in [6.07, 6.45) is 0. The van der Waals surface area contributed by atoms with E-state index >= 15 is 0 Å². The molecule has 0 fully saturated rings. The number of benzene rings is 3. The Hall–Kier alpha value is -2.48. The molecule has 1 aliphatic rings. The van der Waals surface area contributed by atoms with Gasteiger partial charge in [-0.1, -0.05) is 99.6 Å². The number of ether oxygens (including phenoxy) is 1. The van der Waals surface area contributed by atoms with Crippen LogP contribution in [0.2, 0.25) is 0 Å². The summed E-state index contributed by atoms with van der Waals surface area (Å²) in [6, 6.07) is 30.6. The summed E-state index contributed by atoms with van der Waals surface area (Å²) < 4.78 is 8.93. The number of fused-ring (bicyclic) bond motifs is 1. The Morgan fingerprint density at radius 1 is 0.839 bits per heavy atom. The van der Waals surface area contributed by atoms with Crippen molar-refractivity contribution in [2.75, 3.05) is 6.61 Å². The van der Waals surface area contributed by atoms with E-state index in [9.17, 15) is 0 Å². The van der Waals surface area contributed by atoms with Gasteiger partial charge in [-0.25, -0.2) is 4.99 Å². The maximum atomic E-state index is 6.27. The second kappa shape index (κ2) is 8.22. The van der Waals surface area contributed by atoms with Crippen molar-refractivity contribution < 1.29 is 4.74 Å². The predicted octanol–water partition coefficient (Wildman–Crippen LogP) is 5.85. The number of hydrogen-bond donors (Lipinski definition) is 0. The lowest BCUT2D eigenvalue weighted by Gasteiger charge is -2.21. The molecule has 0 N–H and O–H groups in total. The van der Waals surface area contributed by atoms with Gasteiger partial charge in [0.05, 0.1) is 16.2 Å². The van der Waals surface area contributed by atoms with E-state index in [2.05, 4.69) is 106 Å². The van der Waals surface area contributed by atoms with Crippen LogP contribution < -0.4 is 15.2 Å². The molecule has 5 rings (SSSR count). The van der Waals surface area contributed by atoms with Crippen LogP contribution in [0.3, 0.4) is 0 Å². The van der Waals surface area contributed by atoms with Crippen LogP contribution in [0.5, 0.6) is 0 Å². The predicted molar refractivity (Wildman–Crippen MR) is 136 cm³/mol. The third kappa shape index (κ3) is 3.93. The Morgan fingerprint density at radius 3 is 2.00 bits per heavy atom. The Morgan fingerprint density at radius 2 is 1.42 bits per heavy atom. The molecule has 0 spiro atoms. The highest BCUT2D eigenvalue weighted by atomic mass is 32.1. The van der Waals surface area contributed by atoms with Crippen molar-refractivity contribution in [1.82, 2.24) is 0 Å². The maximum absolute atomic E-state index is 6.27. The van der Waals surface area contributed by atoms with Crippen molar-refractivity contribution in [2.45, 2.75) is 26.8 Å². The molecule has 0 unspecified atom stereocenters. The third-order valence-electron chi connectivity index (χ3n) is 5.67. The van der Waals surface area contributed by atoms with E-state index in [-0.39, 0.29) is 11.5 Å². The molecule has 1 aromatic heterocycles. The Kier molecular flexibility index (Phi) is 5.42. The summed E-state index contributed by atoms with van der Waals surface area (Å²) in [5, 5.41) is 3.94. The molecule has 156 valence electrons. The largest absolute Gasteiger partial charge is 0.475 e.